The lowest BCUT2D eigenvalue weighted by molar-refractivity contribution is 1.06. The number of aromatic nitrogens is 1. The second kappa shape index (κ2) is 5.30. The van der Waals surface area contributed by atoms with Gasteiger partial charge in [0, 0.05) is 14.1 Å². The van der Waals surface area contributed by atoms with E-state index in [0.717, 1.165) is 11.5 Å². The fraction of sp³-hybridized carbons (Fsp3) is 0.133. The molecule has 0 bridgehead atoms. The number of anilines is 1. The van der Waals surface area contributed by atoms with Crippen LogP contribution in [0.25, 0.3) is 12.2 Å². The van der Waals surface area contributed by atoms with Crippen LogP contribution < -0.4 is 4.90 Å². The fourth-order valence-corrected chi connectivity index (χ4v) is 1.53. The molecule has 2 nitrogen and oxygen atoms in total. The van der Waals surface area contributed by atoms with Crippen LogP contribution in [-0.2, 0) is 0 Å². The molecule has 1 aromatic heterocycles. The summed E-state index contributed by atoms with van der Waals surface area (Å²) in [5.41, 5.74) is 2.16. The van der Waals surface area contributed by atoms with Gasteiger partial charge in [-0.3, -0.25) is 0 Å². The Hall–Kier alpha value is -2.09. The van der Waals surface area contributed by atoms with E-state index in [-0.39, 0.29) is 0 Å². The van der Waals surface area contributed by atoms with E-state index in [4.69, 9.17) is 0 Å². The predicted octanol–water partition coefficient (Wildman–Crippen LogP) is 3.32. The second-order valence-corrected chi connectivity index (χ2v) is 4.06. The molecule has 0 saturated heterocycles. The first-order valence-electron chi connectivity index (χ1n) is 5.63. The minimum atomic E-state index is 0.972. The van der Waals surface area contributed by atoms with Gasteiger partial charge in [-0.05, 0) is 23.8 Å². The Morgan fingerprint density at radius 1 is 0.882 bits per heavy atom. The minimum Gasteiger partial charge on any atom is -0.363 e. The lowest BCUT2D eigenvalue weighted by atomic mass is 10.2. The Balaban J connectivity index is 2.19. The highest BCUT2D eigenvalue weighted by atomic mass is 15.1. The van der Waals surface area contributed by atoms with E-state index >= 15 is 0 Å². The zero-order valence-electron chi connectivity index (χ0n) is 10.2. The van der Waals surface area contributed by atoms with Crippen molar-refractivity contribution >= 4 is 18.0 Å². The van der Waals surface area contributed by atoms with Gasteiger partial charge in [-0.2, -0.15) is 0 Å². The van der Waals surface area contributed by atoms with Crippen molar-refractivity contribution in [1.29, 1.82) is 0 Å². The molecular formula is C15H16N2. The van der Waals surface area contributed by atoms with Gasteiger partial charge in [-0.15, -0.1) is 0 Å². The summed E-state index contributed by atoms with van der Waals surface area (Å²) in [4.78, 5) is 6.53. The highest BCUT2D eigenvalue weighted by molar-refractivity contribution is 5.68. The summed E-state index contributed by atoms with van der Waals surface area (Å²) in [7, 11) is 3.99. The lowest BCUT2D eigenvalue weighted by Gasteiger charge is -2.10. The smallest absolute Gasteiger partial charge is 0.128 e. The fourth-order valence-electron chi connectivity index (χ4n) is 1.53. The summed E-state index contributed by atoms with van der Waals surface area (Å²) >= 11 is 0. The molecule has 0 radical (unpaired) electrons. The van der Waals surface area contributed by atoms with Gasteiger partial charge in [0.2, 0.25) is 0 Å². The van der Waals surface area contributed by atoms with E-state index in [9.17, 15) is 0 Å². The minimum absolute atomic E-state index is 0.972. The molecule has 86 valence electrons. The first-order valence-corrected chi connectivity index (χ1v) is 5.63. The van der Waals surface area contributed by atoms with Crippen LogP contribution in [0.2, 0.25) is 0 Å². The highest BCUT2D eigenvalue weighted by Gasteiger charge is 1.96. The molecule has 0 saturated carbocycles. The zero-order valence-corrected chi connectivity index (χ0v) is 10.2. The van der Waals surface area contributed by atoms with Gasteiger partial charge < -0.3 is 4.90 Å². The van der Waals surface area contributed by atoms with Crippen molar-refractivity contribution in [2.45, 2.75) is 0 Å². The van der Waals surface area contributed by atoms with E-state index in [0.29, 0.717) is 0 Å². The second-order valence-electron chi connectivity index (χ2n) is 4.06. The van der Waals surface area contributed by atoms with Crippen molar-refractivity contribution in [2.24, 2.45) is 0 Å². The monoisotopic (exact) mass is 224 g/mol. The number of benzene rings is 1. The van der Waals surface area contributed by atoms with Gasteiger partial charge in [-0.25, -0.2) is 4.98 Å². The standard InChI is InChI=1S/C15H16N2/c1-17(2)15-10-6-9-14(16-15)12-11-13-7-4-3-5-8-13/h3-12H,1-2H3/b12-11+. The Morgan fingerprint density at radius 2 is 1.65 bits per heavy atom. The first-order chi connectivity index (χ1) is 8.25. The summed E-state index contributed by atoms with van der Waals surface area (Å²) in [6.45, 7) is 0. The molecule has 0 spiro atoms. The molecule has 0 fully saturated rings. The van der Waals surface area contributed by atoms with Crippen LogP contribution in [-0.4, -0.2) is 19.1 Å². The molecule has 2 aromatic rings. The Labute approximate surface area is 102 Å². The van der Waals surface area contributed by atoms with Gasteiger partial charge >= 0.3 is 0 Å². The average molecular weight is 224 g/mol. The maximum Gasteiger partial charge on any atom is 0.128 e. The van der Waals surface area contributed by atoms with Crippen molar-refractivity contribution in [3.63, 3.8) is 0 Å². The Bertz CT molecular complexity index is 501. The van der Waals surface area contributed by atoms with Crippen molar-refractivity contribution in [2.75, 3.05) is 19.0 Å². The van der Waals surface area contributed by atoms with Gasteiger partial charge in [0.25, 0.3) is 0 Å². The summed E-state index contributed by atoms with van der Waals surface area (Å²) < 4.78 is 0. The molecule has 0 amide bonds. The van der Waals surface area contributed by atoms with Crippen LogP contribution in [0.1, 0.15) is 11.3 Å². The normalized spacial score (nSPS) is 10.7. The van der Waals surface area contributed by atoms with Crippen LogP contribution in [0.3, 0.4) is 0 Å². The SMILES string of the molecule is CN(C)c1cccc(/C=C/c2ccccc2)n1. The molecule has 1 heterocycles. The molecule has 0 aliphatic heterocycles. The molecule has 0 N–H and O–H groups in total. The molecule has 17 heavy (non-hydrogen) atoms. The van der Waals surface area contributed by atoms with Crippen LogP contribution in [0.4, 0.5) is 5.82 Å². The van der Waals surface area contributed by atoms with Crippen molar-refractivity contribution in [3.8, 4) is 0 Å². The largest absolute Gasteiger partial charge is 0.363 e. The molecule has 2 rings (SSSR count). The highest BCUT2D eigenvalue weighted by Crippen LogP contribution is 2.11. The summed E-state index contributed by atoms with van der Waals surface area (Å²) in [5.74, 6) is 0.972. The van der Waals surface area contributed by atoms with Crippen molar-refractivity contribution < 1.29 is 0 Å². The number of hydrogen-bond acceptors (Lipinski definition) is 2. The van der Waals surface area contributed by atoms with E-state index < -0.39 is 0 Å². The van der Waals surface area contributed by atoms with Crippen LogP contribution in [0.15, 0.2) is 48.5 Å². The van der Waals surface area contributed by atoms with E-state index in [1.807, 2.05) is 61.5 Å². The summed E-state index contributed by atoms with van der Waals surface area (Å²) in [5, 5.41) is 0. The molecule has 2 heteroatoms. The Morgan fingerprint density at radius 3 is 2.35 bits per heavy atom. The molecular weight excluding hydrogens is 208 g/mol. The number of rotatable bonds is 3. The maximum atomic E-state index is 4.53. The molecule has 1 aromatic carbocycles. The van der Waals surface area contributed by atoms with Gasteiger partial charge in [-0.1, -0.05) is 42.5 Å². The van der Waals surface area contributed by atoms with Gasteiger partial charge in [0.1, 0.15) is 5.82 Å². The van der Waals surface area contributed by atoms with E-state index in [1.54, 1.807) is 0 Å². The van der Waals surface area contributed by atoms with Crippen LogP contribution in [0.5, 0.6) is 0 Å². The third-order valence-electron chi connectivity index (χ3n) is 2.46. The van der Waals surface area contributed by atoms with Gasteiger partial charge in [0.15, 0.2) is 0 Å². The Kier molecular flexibility index (Phi) is 3.55. The molecule has 0 aliphatic carbocycles. The summed E-state index contributed by atoms with van der Waals surface area (Å²) in [6, 6.07) is 16.3. The van der Waals surface area contributed by atoms with E-state index in [1.165, 1.54) is 5.56 Å². The molecule has 0 unspecified atom stereocenters. The third-order valence-corrected chi connectivity index (χ3v) is 2.46. The molecule has 0 atom stereocenters. The average Bonchev–Trinajstić information content (AvgIpc) is 2.38. The van der Waals surface area contributed by atoms with Gasteiger partial charge in [0.05, 0.1) is 5.69 Å². The zero-order chi connectivity index (χ0) is 12.1. The van der Waals surface area contributed by atoms with Crippen LogP contribution >= 0.6 is 0 Å². The number of pyridine rings is 1. The first kappa shape index (κ1) is 11.4. The summed E-state index contributed by atoms with van der Waals surface area (Å²) in [6.07, 6.45) is 4.10. The topological polar surface area (TPSA) is 16.1 Å². The van der Waals surface area contributed by atoms with Crippen LogP contribution in [0, 0.1) is 0 Å². The quantitative estimate of drug-likeness (QED) is 0.795. The lowest BCUT2D eigenvalue weighted by Crippen LogP contribution is -2.10. The number of hydrogen-bond donors (Lipinski definition) is 0. The predicted molar refractivity (Wildman–Crippen MR) is 73.9 cm³/mol. The molecule has 0 aliphatic rings. The van der Waals surface area contributed by atoms with Crippen molar-refractivity contribution in [3.05, 3.63) is 59.8 Å². The maximum absolute atomic E-state index is 4.53. The number of nitrogens with zero attached hydrogens (tertiary/aromatic N) is 2. The van der Waals surface area contributed by atoms with Crippen molar-refractivity contribution in [1.82, 2.24) is 4.98 Å². The van der Waals surface area contributed by atoms with E-state index in [2.05, 4.69) is 23.2 Å². The third kappa shape index (κ3) is 3.18.